The zero-order valence-corrected chi connectivity index (χ0v) is 10.9. The fourth-order valence-corrected chi connectivity index (χ4v) is 1.19. The summed E-state index contributed by atoms with van der Waals surface area (Å²) in [6, 6.07) is 4.98. The molecule has 0 fully saturated rings. The third kappa shape index (κ3) is 6.11. The van der Waals surface area contributed by atoms with Gasteiger partial charge in [-0.3, -0.25) is 4.79 Å². The van der Waals surface area contributed by atoms with Crippen molar-refractivity contribution in [2.75, 3.05) is 6.54 Å². The first kappa shape index (κ1) is 16.7. The zero-order chi connectivity index (χ0) is 16.0. The van der Waals surface area contributed by atoms with E-state index in [1.807, 2.05) is 0 Å². The smallest absolute Gasteiger partial charge is 0.381 e. The molecular formula is C12H13F4N3O2. The molecular weight excluding hydrogens is 294 g/mol. The summed E-state index contributed by atoms with van der Waals surface area (Å²) in [6.07, 6.45) is -5.77. The number of halogens is 4. The average Bonchev–Trinajstić information content (AvgIpc) is 2.41. The highest BCUT2D eigenvalue weighted by atomic mass is 19.4. The van der Waals surface area contributed by atoms with E-state index in [0.29, 0.717) is 5.56 Å². The predicted octanol–water partition coefficient (Wildman–Crippen LogP) is 1.53. The lowest BCUT2D eigenvalue weighted by atomic mass is 10.2. The second-order valence-electron chi connectivity index (χ2n) is 4.06. The molecule has 1 atom stereocenters. The van der Waals surface area contributed by atoms with Gasteiger partial charge in [0.15, 0.2) is 5.84 Å². The number of nitrogens with two attached hydrogens (primary N) is 1. The van der Waals surface area contributed by atoms with Gasteiger partial charge in [-0.15, -0.1) is 0 Å². The van der Waals surface area contributed by atoms with Gasteiger partial charge in [0.2, 0.25) is 6.10 Å². The van der Waals surface area contributed by atoms with E-state index >= 15 is 0 Å². The fraction of sp³-hybridized carbons (Fsp3) is 0.333. The maximum Gasteiger partial charge on any atom is 0.405 e. The Morgan fingerprint density at radius 3 is 2.48 bits per heavy atom. The first-order valence-corrected chi connectivity index (χ1v) is 5.79. The van der Waals surface area contributed by atoms with Crippen molar-refractivity contribution in [3.63, 3.8) is 0 Å². The highest BCUT2D eigenvalue weighted by Crippen LogP contribution is 2.12. The minimum absolute atomic E-state index is 0.134. The normalized spacial score (nSPS) is 13.7. The quantitative estimate of drug-likeness (QED) is 0.375. The Kier molecular flexibility index (Phi) is 5.51. The van der Waals surface area contributed by atoms with Gasteiger partial charge in [-0.25, -0.2) is 4.39 Å². The highest BCUT2D eigenvalue weighted by molar-refractivity contribution is 5.97. The number of hydrogen-bond acceptors (Lipinski definition) is 3. The number of rotatable bonds is 5. The summed E-state index contributed by atoms with van der Waals surface area (Å²) in [4.78, 5) is 16.0. The number of alkyl halides is 3. The van der Waals surface area contributed by atoms with Gasteiger partial charge in [0.25, 0.3) is 5.91 Å². The van der Waals surface area contributed by atoms with Crippen LogP contribution in [0.2, 0.25) is 0 Å². The van der Waals surface area contributed by atoms with Crippen LogP contribution in [0.4, 0.5) is 17.6 Å². The first-order valence-electron chi connectivity index (χ1n) is 5.79. The van der Waals surface area contributed by atoms with E-state index in [1.54, 1.807) is 5.32 Å². The third-order valence-electron chi connectivity index (χ3n) is 2.28. The lowest BCUT2D eigenvalue weighted by molar-refractivity contribution is -0.145. The van der Waals surface area contributed by atoms with Crippen molar-refractivity contribution in [3.8, 4) is 0 Å². The van der Waals surface area contributed by atoms with Gasteiger partial charge in [-0.2, -0.15) is 13.2 Å². The van der Waals surface area contributed by atoms with E-state index in [-0.39, 0.29) is 5.84 Å². The maximum absolute atomic E-state index is 12.7. The number of nitrogens with one attached hydrogen (secondary N) is 1. The maximum atomic E-state index is 12.7. The Labute approximate surface area is 117 Å². The molecule has 1 rings (SSSR count). The molecule has 1 unspecified atom stereocenters. The molecule has 9 heteroatoms. The van der Waals surface area contributed by atoms with Gasteiger partial charge in [-0.1, -0.05) is 5.16 Å². The van der Waals surface area contributed by atoms with Crippen molar-refractivity contribution in [2.45, 2.75) is 19.2 Å². The molecule has 0 aliphatic rings. The van der Waals surface area contributed by atoms with Crippen LogP contribution in [-0.4, -0.2) is 30.6 Å². The SMILES string of the molecule is CC(O/N=C(\N)c1ccc(F)cc1)C(=O)NCC(F)(F)F. The van der Waals surface area contributed by atoms with Crippen LogP contribution in [0.15, 0.2) is 29.4 Å². The zero-order valence-electron chi connectivity index (χ0n) is 10.9. The Balaban J connectivity index is 2.54. The number of hydrogen-bond donors (Lipinski definition) is 2. The number of amidine groups is 1. The summed E-state index contributed by atoms with van der Waals surface area (Å²) in [5.41, 5.74) is 5.87. The molecule has 0 radical (unpaired) electrons. The summed E-state index contributed by atoms with van der Waals surface area (Å²) < 4.78 is 48.4. The van der Waals surface area contributed by atoms with Crippen molar-refractivity contribution >= 4 is 11.7 Å². The Morgan fingerprint density at radius 2 is 1.95 bits per heavy atom. The van der Waals surface area contributed by atoms with Crippen LogP contribution in [-0.2, 0) is 9.63 Å². The molecule has 0 saturated heterocycles. The van der Waals surface area contributed by atoms with Crippen molar-refractivity contribution in [1.29, 1.82) is 0 Å². The molecule has 0 aliphatic heterocycles. The van der Waals surface area contributed by atoms with Crippen molar-refractivity contribution in [3.05, 3.63) is 35.6 Å². The monoisotopic (exact) mass is 307 g/mol. The number of oxime groups is 1. The van der Waals surface area contributed by atoms with E-state index in [4.69, 9.17) is 10.6 Å². The highest BCUT2D eigenvalue weighted by Gasteiger charge is 2.29. The van der Waals surface area contributed by atoms with Crippen LogP contribution in [0, 0.1) is 5.82 Å². The van der Waals surface area contributed by atoms with Crippen LogP contribution in [0.25, 0.3) is 0 Å². The number of nitrogens with zero attached hydrogens (tertiary/aromatic N) is 1. The minimum Gasteiger partial charge on any atom is -0.381 e. The van der Waals surface area contributed by atoms with Crippen LogP contribution in [0.1, 0.15) is 12.5 Å². The number of carbonyl (C=O) groups excluding carboxylic acids is 1. The fourth-order valence-electron chi connectivity index (χ4n) is 1.19. The summed E-state index contributed by atoms with van der Waals surface area (Å²) in [7, 11) is 0. The predicted molar refractivity (Wildman–Crippen MR) is 66.7 cm³/mol. The second-order valence-corrected chi connectivity index (χ2v) is 4.06. The number of amides is 1. The third-order valence-corrected chi connectivity index (χ3v) is 2.28. The van der Waals surface area contributed by atoms with Gasteiger partial charge >= 0.3 is 6.18 Å². The molecule has 1 amide bonds. The average molecular weight is 307 g/mol. The van der Waals surface area contributed by atoms with E-state index in [1.165, 1.54) is 19.1 Å². The summed E-state index contributed by atoms with van der Waals surface area (Å²) >= 11 is 0. The lowest BCUT2D eigenvalue weighted by Gasteiger charge is -2.12. The second kappa shape index (κ2) is 6.91. The molecule has 0 heterocycles. The molecule has 0 bridgehead atoms. The van der Waals surface area contributed by atoms with Crippen LogP contribution in [0.5, 0.6) is 0 Å². The lowest BCUT2D eigenvalue weighted by Crippen LogP contribution is -2.39. The number of benzene rings is 1. The van der Waals surface area contributed by atoms with E-state index in [9.17, 15) is 22.4 Å². The first-order chi connectivity index (χ1) is 9.69. The number of carbonyl (C=O) groups is 1. The molecule has 0 aliphatic carbocycles. The van der Waals surface area contributed by atoms with Gasteiger partial charge in [-0.05, 0) is 31.2 Å². The van der Waals surface area contributed by atoms with Gasteiger partial charge in [0, 0.05) is 5.56 Å². The minimum atomic E-state index is -4.51. The molecule has 0 aromatic heterocycles. The van der Waals surface area contributed by atoms with E-state index < -0.39 is 30.5 Å². The van der Waals surface area contributed by atoms with Gasteiger partial charge in [0.1, 0.15) is 12.4 Å². The summed E-state index contributed by atoms with van der Waals surface area (Å²) in [6.45, 7) is -0.246. The molecule has 0 saturated carbocycles. The van der Waals surface area contributed by atoms with Crippen molar-refractivity contribution in [1.82, 2.24) is 5.32 Å². The molecule has 5 nitrogen and oxygen atoms in total. The van der Waals surface area contributed by atoms with Gasteiger partial charge in [0.05, 0.1) is 0 Å². The van der Waals surface area contributed by atoms with E-state index in [0.717, 1.165) is 12.1 Å². The molecule has 1 aromatic rings. The van der Waals surface area contributed by atoms with Crippen LogP contribution < -0.4 is 11.1 Å². The topological polar surface area (TPSA) is 76.7 Å². The van der Waals surface area contributed by atoms with Gasteiger partial charge < -0.3 is 15.9 Å². The molecule has 0 spiro atoms. The molecule has 116 valence electrons. The Hall–Kier alpha value is -2.32. The van der Waals surface area contributed by atoms with E-state index in [2.05, 4.69) is 5.16 Å². The van der Waals surface area contributed by atoms with Crippen LogP contribution >= 0.6 is 0 Å². The van der Waals surface area contributed by atoms with Crippen molar-refractivity contribution in [2.24, 2.45) is 10.9 Å². The molecule has 21 heavy (non-hydrogen) atoms. The Bertz CT molecular complexity index is 514. The Morgan fingerprint density at radius 1 is 1.38 bits per heavy atom. The standard InChI is InChI=1S/C12H13F4N3O2/c1-7(11(20)18-6-12(14,15)16)21-19-10(17)8-2-4-9(13)5-3-8/h2-5,7H,6H2,1H3,(H2,17,19)(H,18,20). The largest absolute Gasteiger partial charge is 0.405 e. The van der Waals surface area contributed by atoms with Crippen LogP contribution in [0.3, 0.4) is 0 Å². The van der Waals surface area contributed by atoms with Crippen molar-refractivity contribution < 1.29 is 27.2 Å². The molecule has 3 N–H and O–H groups in total. The molecule has 1 aromatic carbocycles. The summed E-state index contributed by atoms with van der Waals surface area (Å²) in [5, 5.41) is 5.06. The summed E-state index contributed by atoms with van der Waals surface area (Å²) in [5.74, 6) is -1.58.